The summed E-state index contributed by atoms with van der Waals surface area (Å²) >= 11 is 3.38. The van der Waals surface area contributed by atoms with Crippen LogP contribution in [-0.2, 0) is 6.54 Å². The summed E-state index contributed by atoms with van der Waals surface area (Å²) in [5, 5.41) is 11.2. The molecule has 10 heteroatoms. The number of amides is 4. The summed E-state index contributed by atoms with van der Waals surface area (Å²) in [4.78, 5) is 29.3. The molecule has 4 amide bonds. The largest absolute Gasteiger partial charge is 0.436 e. The number of benzene rings is 4. The van der Waals surface area contributed by atoms with E-state index in [-0.39, 0.29) is 18.5 Å². The average Bonchev–Trinajstić information content (AvgIpc) is 3.32. The van der Waals surface area contributed by atoms with Gasteiger partial charge in [0.1, 0.15) is 11.3 Å². The molecule has 4 aromatic carbocycles. The van der Waals surface area contributed by atoms with E-state index in [9.17, 15) is 14.0 Å². The predicted molar refractivity (Wildman–Crippen MR) is 153 cm³/mol. The van der Waals surface area contributed by atoms with Gasteiger partial charge in [0, 0.05) is 28.1 Å². The summed E-state index contributed by atoms with van der Waals surface area (Å²) in [6, 6.07) is 23.2. The number of nitrogens with one attached hydrogen (secondary N) is 4. The van der Waals surface area contributed by atoms with Crippen LogP contribution in [0.2, 0.25) is 0 Å². The number of oxazole rings is 1. The number of carbonyl (C=O) groups is 2. The Kier molecular flexibility index (Phi) is 7.55. The van der Waals surface area contributed by atoms with Crippen molar-refractivity contribution in [1.29, 1.82) is 0 Å². The monoisotopic (exact) mass is 587 g/mol. The number of halogens is 2. The number of rotatable bonds is 6. The maximum atomic E-state index is 13.7. The number of hydrogen-bond donors (Lipinski definition) is 4. The molecule has 0 radical (unpaired) electrons. The molecule has 0 bridgehead atoms. The van der Waals surface area contributed by atoms with Crippen molar-refractivity contribution in [3.8, 4) is 11.5 Å². The Balaban J connectivity index is 1.18. The fourth-order valence-electron chi connectivity index (χ4n) is 3.91. The van der Waals surface area contributed by atoms with Crippen LogP contribution in [0.3, 0.4) is 0 Å². The van der Waals surface area contributed by atoms with Crippen LogP contribution in [0, 0.1) is 12.7 Å². The summed E-state index contributed by atoms with van der Waals surface area (Å²) in [6.45, 7) is 2.19. The Morgan fingerprint density at radius 1 is 0.846 bits per heavy atom. The molecule has 0 aliphatic heterocycles. The molecule has 0 unspecified atom stereocenters. The summed E-state index contributed by atoms with van der Waals surface area (Å²) in [5.41, 5.74) is 5.16. The molecule has 1 heterocycles. The van der Waals surface area contributed by atoms with Gasteiger partial charge in [0.25, 0.3) is 0 Å². The van der Waals surface area contributed by atoms with Crippen LogP contribution in [-0.4, -0.2) is 17.0 Å². The zero-order valence-electron chi connectivity index (χ0n) is 20.7. The lowest BCUT2D eigenvalue weighted by molar-refractivity contribution is 0.251. The second-order valence-electron chi connectivity index (χ2n) is 8.78. The Bertz CT molecular complexity index is 1690. The molecule has 5 rings (SSSR count). The highest BCUT2D eigenvalue weighted by atomic mass is 79.9. The Morgan fingerprint density at radius 3 is 2.36 bits per heavy atom. The van der Waals surface area contributed by atoms with Crippen molar-refractivity contribution in [3.05, 3.63) is 106 Å². The van der Waals surface area contributed by atoms with Gasteiger partial charge in [0.05, 0.1) is 5.56 Å². The number of hydrogen-bond acceptors (Lipinski definition) is 4. The van der Waals surface area contributed by atoms with Crippen molar-refractivity contribution in [2.45, 2.75) is 13.5 Å². The summed E-state index contributed by atoms with van der Waals surface area (Å²) in [5.74, 6) is -0.139. The van der Waals surface area contributed by atoms with Crippen LogP contribution < -0.4 is 21.3 Å². The Labute approximate surface area is 231 Å². The van der Waals surface area contributed by atoms with Crippen LogP contribution in [0.4, 0.5) is 31.0 Å². The molecule has 0 fully saturated rings. The second-order valence-corrected chi connectivity index (χ2v) is 9.64. The van der Waals surface area contributed by atoms with Gasteiger partial charge >= 0.3 is 12.1 Å². The number of anilines is 3. The first-order valence-corrected chi connectivity index (χ1v) is 12.8. The lowest BCUT2D eigenvalue weighted by atomic mass is 10.2. The van der Waals surface area contributed by atoms with Crippen molar-refractivity contribution in [3.63, 3.8) is 0 Å². The van der Waals surface area contributed by atoms with Gasteiger partial charge in [-0.2, -0.15) is 0 Å². The minimum atomic E-state index is -0.415. The molecule has 4 N–H and O–H groups in total. The van der Waals surface area contributed by atoms with Crippen LogP contribution in [0.25, 0.3) is 22.6 Å². The molecule has 0 aliphatic carbocycles. The van der Waals surface area contributed by atoms with Crippen LogP contribution >= 0.6 is 15.9 Å². The molecule has 8 nitrogen and oxygen atoms in total. The van der Waals surface area contributed by atoms with E-state index in [1.54, 1.807) is 42.5 Å². The topological polar surface area (TPSA) is 108 Å². The fourth-order valence-corrected chi connectivity index (χ4v) is 4.33. The first-order chi connectivity index (χ1) is 18.8. The highest BCUT2D eigenvalue weighted by Gasteiger charge is 2.13. The van der Waals surface area contributed by atoms with E-state index in [1.165, 1.54) is 12.1 Å². The molecule has 5 aromatic rings. The molecule has 0 atom stereocenters. The third-order valence-corrected chi connectivity index (χ3v) is 6.41. The van der Waals surface area contributed by atoms with Crippen LogP contribution in [0.15, 0.2) is 93.8 Å². The minimum Gasteiger partial charge on any atom is -0.436 e. The molecular weight excluding hydrogens is 565 g/mol. The van der Waals surface area contributed by atoms with Gasteiger partial charge in [-0.15, -0.1) is 0 Å². The summed E-state index contributed by atoms with van der Waals surface area (Å²) in [7, 11) is 0. The number of urea groups is 2. The Morgan fingerprint density at radius 2 is 1.56 bits per heavy atom. The lowest BCUT2D eigenvalue weighted by Gasteiger charge is -2.11. The van der Waals surface area contributed by atoms with Crippen molar-refractivity contribution in [2.75, 3.05) is 16.0 Å². The predicted octanol–water partition coefficient (Wildman–Crippen LogP) is 7.67. The van der Waals surface area contributed by atoms with E-state index in [4.69, 9.17) is 4.42 Å². The number of fused-ring (bicyclic) bond motifs is 1. The zero-order chi connectivity index (χ0) is 27.4. The van der Waals surface area contributed by atoms with Gasteiger partial charge in [-0.1, -0.05) is 24.3 Å². The zero-order valence-corrected chi connectivity index (χ0v) is 22.3. The number of aryl methyl sites for hydroxylation is 1. The molecule has 196 valence electrons. The van der Waals surface area contributed by atoms with Crippen molar-refractivity contribution < 1.29 is 18.4 Å². The maximum Gasteiger partial charge on any atom is 0.323 e. The first kappa shape index (κ1) is 25.9. The van der Waals surface area contributed by atoms with Crippen molar-refractivity contribution in [2.24, 2.45) is 0 Å². The first-order valence-electron chi connectivity index (χ1n) is 12.0. The van der Waals surface area contributed by atoms with E-state index >= 15 is 0 Å². The van der Waals surface area contributed by atoms with Gasteiger partial charge in [-0.25, -0.2) is 19.0 Å². The molecule has 0 saturated heterocycles. The van der Waals surface area contributed by atoms with E-state index < -0.39 is 11.8 Å². The number of nitrogens with zero attached hydrogens (tertiary/aromatic N) is 1. The standard InChI is InChI=1S/C29H23BrFN5O3/c1-17-4-2-6-20(12-17)34-29(38)35-21-7-3-5-18(13-21)16-32-28(37)33-22-9-11-26-25(15-22)36-27(39-26)23-14-19(31)8-10-24(23)30/h2-15H,16H2,1H3,(H2,32,33,37)(H2,34,35,38). The van der Waals surface area contributed by atoms with Gasteiger partial charge in [-0.3, -0.25) is 0 Å². The second kappa shape index (κ2) is 11.4. The normalized spacial score (nSPS) is 10.7. The molecule has 1 aromatic heterocycles. The van der Waals surface area contributed by atoms with E-state index in [0.717, 1.165) is 11.1 Å². The highest BCUT2D eigenvalue weighted by molar-refractivity contribution is 9.10. The van der Waals surface area contributed by atoms with Gasteiger partial charge in [0.2, 0.25) is 5.89 Å². The minimum absolute atomic E-state index is 0.241. The van der Waals surface area contributed by atoms with E-state index in [1.807, 2.05) is 37.3 Å². The maximum absolute atomic E-state index is 13.7. The molecule has 0 saturated carbocycles. The third kappa shape index (κ3) is 6.60. The molecule has 39 heavy (non-hydrogen) atoms. The quantitative estimate of drug-likeness (QED) is 0.163. The number of carbonyl (C=O) groups excluding carboxylic acids is 2. The van der Waals surface area contributed by atoms with Crippen molar-refractivity contribution in [1.82, 2.24) is 10.3 Å². The van der Waals surface area contributed by atoms with Crippen LogP contribution in [0.1, 0.15) is 11.1 Å². The highest BCUT2D eigenvalue weighted by Crippen LogP contribution is 2.31. The lowest BCUT2D eigenvalue weighted by Crippen LogP contribution is -2.28. The van der Waals surface area contributed by atoms with Gasteiger partial charge < -0.3 is 25.7 Å². The third-order valence-electron chi connectivity index (χ3n) is 5.72. The van der Waals surface area contributed by atoms with Crippen molar-refractivity contribution >= 4 is 56.2 Å². The van der Waals surface area contributed by atoms with Crippen LogP contribution in [0.5, 0.6) is 0 Å². The fraction of sp³-hybridized carbons (Fsp3) is 0.0690. The smallest absolute Gasteiger partial charge is 0.323 e. The van der Waals surface area contributed by atoms with Gasteiger partial charge in [0.15, 0.2) is 5.58 Å². The summed E-state index contributed by atoms with van der Waals surface area (Å²) < 4.78 is 20.1. The SMILES string of the molecule is Cc1cccc(NC(=O)Nc2cccc(CNC(=O)Nc3ccc4oc(-c5cc(F)ccc5Br)nc4c3)c2)c1. The van der Waals surface area contributed by atoms with E-state index in [0.29, 0.717) is 38.2 Å². The summed E-state index contributed by atoms with van der Waals surface area (Å²) in [6.07, 6.45) is 0. The number of aromatic nitrogens is 1. The molecular formula is C29H23BrFN5O3. The Hall–Kier alpha value is -4.70. The average molecular weight is 588 g/mol. The molecule has 0 aliphatic rings. The molecule has 0 spiro atoms. The van der Waals surface area contributed by atoms with Gasteiger partial charge in [-0.05, 0) is 94.6 Å². The van der Waals surface area contributed by atoms with E-state index in [2.05, 4.69) is 42.2 Å².